The Bertz CT molecular complexity index is 561. The highest BCUT2D eigenvalue weighted by atomic mass is 127. The Morgan fingerprint density at radius 1 is 1.24 bits per heavy atom. The normalized spacial score (nSPS) is 14.5. The summed E-state index contributed by atoms with van der Waals surface area (Å²) in [6.45, 7) is 0. The summed E-state index contributed by atoms with van der Waals surface area (Å²) in [6, 6.07) is 13.2. The summed E-state index contributed by atoms with van der Waals surface area (Å²) in [5.74, 6) is -0.262. The summed E-state index contributed by atoms with van der Waals surface area (Å²) in [6.07, 6.45) is 1.72. The minimum atomic E-state index is -1.40. The van der Waals surface area contributed by atoms with Crippen LogP contribution in [0, 0.1) is 0 Å². The average Bonchev–Trinajstić information content (AvgIpc) is 2.37. The molecule has 88 valence electrons. The molecule has 2 rings (SSSR count). The van der Waals surface area contributed by atoms with Gasteiger partial charge in [-0.05, 0) is 39.6 Å². The summed E-state index contributed by atoms with van der Waals surface area (Å²) in [5.41, 5.74) is 0.564. The minimum Gasteiger partial charge on any atom is -0.364 e. The average molecular weight is 358 g/mol. The molecule has 2 aromatic carbocycles. The maximum Gasteiger partial charge on any atom is 0.226 e. The Kier molecular flexibility index (Phi) is 3.75. The zero-order chi connectivity index (χ0) is 12.5. The van der Waals surface area contributed by atoms with E-state index in [1.807, 2.05) is 36.4 Å². The van der Waals surface area contributed by atoms with Crippen molar-refractivity contribution in [3.8, 4) is 0 Å². The second-order valence-electron chi connectivity index (χ2n) is 3.62. The molecule has 0 aromatic heterocycles. The third-order valence-corrected chi connectivity index (χ3v) is 5.12. The van der Waals surface area contributed by atoms with Gasteiger partial charge in [0.1, 0.15) is 0 Å². The second kappa shape index (κ2) is 4.96. The molecule has 0 radical (unpaired) electrons. The molecule has 0 amide bonds. The molecule has 0 saturated heterocycles. The van der Waals surface area contributed by atoms with Gasteiger partial charge < -0.3 is 5.11 Å². The van der Waals surface area contributed by atoms with Crippen LogP contribution in [-0.2, 0) is 0 Å². The molecule has 1 atom stereocenters. The number of thioether (sulfide) groups is 1. The molecule has 0 fully saturated rings. The van der Waals surface area contributed by atoms with Crippen molar-refractivity contribution in [2.75, 3.05) is 6.26 Å². The molecule has 1 N–H and O–H groups in total. The number of ketones is 1. The van der Waals surface area contributed by atoms with Gasteiger partial charge in [0.2, 0.25) is 8.72 Å². The zero-order valence-corrected chi connectivity index (χ0v) is 12.2. The maximum absolute atomic E-state index is 12.2. The smallest absolute Gasteiger partial charge is 0.226 e. The molecule has 2 nitrogen and oxygen atoms in total. The molecule has 0 heterocycles. The second-order valence-corrected chi connectivity index (χ2v) is 6.91. The molecule has 2 aromatic rings. The Morgan fingerprint density at radius 3 is 2.59 bits per heavy atom. The Labute approximate surface area is 118 Å². The van der Waals surface area contributed by atoms with Crippen molar-refractivity contribution in [2.24, 2.45) is 0 Å². The van der Waals surface area contributed by atoms with Gasteiger partial charge >= 0.3 is 0 Å². The topological polar surface area (TPSA) is 37.3 Å². The lowest BCUT2D eigenvalue weighted by Crippen LogP contribution is -2.27. The van der Waals surface area contributed by atoms with Crippen molar-refractivity contribution in [1.29, 1.82) is 0 Å². The van der Waals surface area contributed by atoms with E-state index in [1.54, 1.807) is 34.9 Å². The zero-order valence-electron chi connectivity index (χ0n) is 9.18. The monoisotopic (exact) mass is 358 g/mol. The van der Waals surface area contributed by atoms with Gasteiger partial charge in [0.05, 0.1) is 0 Å². The highest BCUT2D eigenvalue weighted by Gasteiger charge is 2.33. The van der Waals surface area contributed by atoms with E-state index in [9.17, 15) is 9.90 Å². The maximum atomic E-state index is 12.2. The molecule has 0 aliphatic rings. The van der Waals surface area contributed by atoms with Crippen molar-refractivity contribution in [3.63, 3.8) is 0 Å². The van der Waals surface area contributed by atoms with Gasteiger partial charge in [-0.2, -0.15) is 0 Å². The summed E-state index contributed by atoms with van der Waals surface area (Å²) in [5, 5.41) is 11.9. The standard InChI is InChI=1S/C13H11IO2S/c1-17-13(14,16)12(15)11-8-4-6-9-5-2-3-7-10(9)11/h2-8,16H,1H3. The molecule has 0 bridgehead atoms. The first-order chi connectivity index (χ1) is 8.06. The molecule has 0 aliphatic carbocycles. The number of benzene rings is 2. The van der Waals surface area contributed by atoms with Crippen LogP contribution in [0.3, 0.4) is 0 Å². The number of rotatable bonds is 3. The van der Waals surface area contributed by atoms with E-state index in [2.05, 4.69) is 0 Å². The number of hydrogen-bond acceptors (Lipinski definition) is 3. The van der Waals surface area contributed by atoms with E-state index in [1.165, 1.54) is 0 Å². The van der Waals surface area contributed by atoms with E-state index in [4.69, 9.17) is 0 Å². The van der Waals surface area contributed by atoms with E-state index < -0.39 is 2.94 Å². The summed E-state index contributed by atoms with van der Waals surface area (Å²) in [7, 11) is 0. The number of hydrogen-bond donors (Lipinski definition) is 1. The molecule has 0 spiro atoms. The third-order valence-electron chi connectivity index (χ3n) is 2.58. The lowest BCUT2D eigenvalue weighted by Gasteiger charge is -2.17. The van der Waals surface area contributed by atoms with E-state index in [0.29, 0.717) is 5.56 Å². The van der Waals surface area contributed by atoms with E-state index in [0.717, 1.165) is 22.5 Å². The van der Waals surface area contributed by atoms with E-state index >= 15 is 0 Å². The first kappa shape index (κ1) is 12.9. The Hall–Kier alpha value is -0.590. The predicted octanol–water partition coefficient (Wildman–Crippen LogP) is 3.47. The number of aliphatic hydroxyl groups is 1. The van der Waals surface area contributed by atoms with Crippen LogP contribution in [-0.4, -0.2) is 20.1 Å². The van der Waals surface area contributed by atoms with Gasteiger partial charge in [-0.3, -0.25) is 4.79 Å². The first-order valence-electron chi connectivity index (χ1n) is 5.05. The first-order valence-corrected chi connectivity index (χ1v) is 7.35. The number of carbonyl (C=O) groups excluding carboxylic acids is 1. The van der Waals surface area contributed by atoms with Crippen molar-refractivity contribution >= 4 is 50.9 Å². The minimum absolute atomic E-state index is 0.262. The van der Waals surface area contributed by atoms with Crippen LogP contribution in [0.1, 0.15) is 10.4 Å². The third kappa shape index (κ3) is 2.48. The van der Waals surface area contributed by atoms with Crippen molar-refractivity contribution < 1.29 is 9.90 Å². The van der Waals surface area contributed by atoms with Crippen LogP contribution in [0.4, 0.5) is 0 Å². The van der Waals surface area contributed by atoms with E-state index in [-0.39, 0.29) is 5.78 Å². The summed E-state index contributed by atoms with van der Waals surface area (Å²) < 4.78 is -1.40. The van der Waals surface area contributed by atoms with Gasteiger partial charge in [0, 0.05) is 5.56 Å². The van der Waals surface area contributed by atoms with Gasteiger partial charge in [-0.15, -0.1) is 11.8 Å². The van der Waals surface area contributed by atoms with Crippen LogP contribution in [0.2, 0.25) is 0 Å². The summed E-state index contributed by atoms with van der Waals surface area (Å²) in [4.78, 5) is 12.2. The van der Waals surface area contributed by atoms with Crippen molar-refractivity contribution in [1.82, 2.24) is 0 Å². The highest BCUT2D eigenvalue weighted by molar-refractivity contribution is 14.1. The Morgan fingerprint density at radius 2 is 1.88 bits per heavy atom. The number of alkyl halides is 1. The van der Waals surface area contributed by atoms with Crippen molar-refractivity contribution in [3.05, 3.63) is 48.0 Å². The highest BCUT2D eigenvalue weighted by Crippen LogP contribution is 2.33. The molecule has 1 unspecified atom stereocenters. The molecule has 0 saturated carbocycles. The molecule has 4 heteroatoms. The van der Waals surface area contributed by atoms with Crippen LogP contribution in [0.5, 0.6) is 0 Å². The fourth-order valence-electron chi connectivity index (χ4n) is 1.68. The molecule has 17 heavy (non-hydrogen) atoms. The predicted molar refractivity (Wildman–Crippen MR) is 80.8 cm³/mol. The molecular formula is C13H11IO2S. The Balaban J connectivity index is 2.60. The number of halogens is 1. The van der Waals surface area contributed by atoms with Crippen molar-refractivity contribution in [2.45, 2.75) is 2.94 Å². The van der Waals surface area contributed by atoms with Gasteiger partial charge in [0.25, 0.3) is 0 Å². The lowest BCUT2D eigenvalue weighted by molar-refractivity contribution is 0.0851. The van der Waals surface area contributed by atoms with Crippen LogP contribution in [0.15, 0.2) is 42.5 Å². The van der Waals surface area contributed by atoms with Gasteiger partial charge in [-0.1, -0.05) is 42.5 Å². The quantitative estimate of drug-likeness (QED) is 0.395. The molecular weight excluding hydrogens is 347 g/mol. The van der Waals surface area contributed by atoms with Crippen LogP contribution >= 0.6 is 34.4 Å². The summed E-state index contributed by atoms with van der Waals surface area (Å²) >= 11 is 2.90. The number of Topliss-reactive ketones (excluding diaryl/α,β-unsaturated/α-hetero) is 1. The lowest BCUT2D eigenvalue weighted by atomic mass is 10.0. The SMILES string of the molecule is CSC(O)(I)C(=O)c1cccc2ccccc12. The van der Waals surface area contributed by atoms with Crippen LogP contribution in [0.25, 0.3) is 10.8 Å². The molecule has 0 aliphatic heterocycles. The fraction of sp³-hybridized carbons (Fsp3) is 0.154. The van der Waals surface area contributed by atoms with Gasteiger partial charge in [0.15, 0.2) is 0 Å². The number of carbonyl (C=O) groups is 1. The number of fused-ring (bicyclic) bond motifs is 1. The van der Waals surface area contributed by atoms with Crippen LogP contribution < -0.4 is 0 Å². The fourth-order valence-corrected chi connectivity index (χ4v) is 2.27. The van der Waals surface area contributed by atoms with Gasteiger partial charge in [-0.25, -0.2) is 0 Å². The largest absolute Gasteiger partial charge is 0.364 e.